The number of imidazole rings is 1. The van der Waals surface area contributed by atoms with Crippen LogP contribution in [0.25, 0.3) is 0 Å². The summed E-state index contributed by atoms with van der Waals surface area (Å²) >= 11 is 4.20. The van der Waals surface area contributed by atoms with Crippen LogP contribution in [0.2, 0.25) is 0 Å². The standard InChI is InChI=1S/C9H17N3S/c1-2-8-6-12(7-11-8)9(5-10)3-4-13/h6-7,9,13H,2-5,10H2,1H3. The lowest BCUT2D eigenvalue weighted by atomic mass is 10.2. The van der Waals surface area contributed by atoms with Crippen LogP contribution in [0.15, 0.2) is 12.5 Å². The predicted octanol–water partition coefficient (Wildman–Crippen LogP) is 1.27. The van der Waals surface area contributed by atoms with Crippen LogP contribution < -0.4 is 5.73 Å². The topological polar surface area (TPSA) is 43.8 Å². The van der Waals surface area contributed by atoms with E-state index < -0.39 is 0 Å². The van der Waals surface area contributed by atoms with Gasteiger partial charge in [0.15, 0.2) is 0 Å². The molecule has 0 saturated heterocycles. The van der Waals surface area contributed by atoms with Crippen molar-refractivity contribution in [2.24, 2.45) is 5.73 Å². The third-order valence-electron chi connectivity index (χ3n) is 2.17. The van der Waals surface area contributed by atoms with Crippen molar-refractivity contribution in [1.29, 1.82) is 0 Å². The summed E-state index contributed by atoms with van der Waals surface area (Å²) in [6, 6.07) is 0.352. The highest BCUT2D eigenvalue weighted by atomic mass is 32.1. The van der Waals surface area contributed by atoms with Gasteiger partial charge in [-0.1, -0.05) is 6.92 Å². The Kier molecular flexibility index (Phi) is 4.32. The van der Waals surface area contributed by atoms with E-state index in [4.69, 9.17) is 5.73 Å². The lowest BCUT2D eigenvalue weighted by Gasteiger charge is -2.14. The van der Waals surface area contributed by atoms with E-state index in [-0.39, 0.29) is 0 Å². The first kappa shape index (κ1) is 10.6. The molecule has 4 heteroatoms. The van der Waals surface area contributed by atoms with Crippen LogP contribution in [0, 0.1) is 0 Å². The Morgan fingerprint density at radius 3 is 2.92 bits per heavy atom. The summed E-state index contributed by atoms with van der Waals surface area (Å²) in [5.41, 5.74) is 6.78. The molecule has 13 heavy (non-hydrogen) atoms. The molecule has 0 aromatic carbocycles. The minimum Gasteiger partial charge on any atom is -0.333 e. The zero-order valence-electron chi connectivity index (χ0n) is 7.98. The SMILES string of the molecule is CCc1cn(C(CN)CCS)cn1. The second-order valence-corrected chi connectivity index (χ2v) is 3.51. The Hall–Kier alpha value is -0.480. The van der Waals surface area contributed by atoms with Gasteiger partial charge in [-0.25, -0.2) is 4.98 Å². The monoisotopic (exact) mass is 199 g/mol. The molecule has 0 spiro atoms. The Labute approximate surface area is 84.8 Å². The maximum absolute atomic E-state index is 5.66. The molecule has 0 saturated carbocycles. The quantitative estimate of drug-likeness (QED) is 0.701. The van der Waals surface area contributed by atoms with Gasteiger partial charge in [-0.2, -0.15) is 12.6 Å². The summed E-state index contributed by atoms with van der Waals surface area (Å²) in [6.07, 6.45) is 5.91. The van der Waals surface area contributed by atoms with Crippen LogP contribution in [0.1, 0.15) is 25.1 Å². The normalized spacial score (nSPS) is 13.2. The Bertz CT molecular complexity index is 247. The number of thiol groups is 1. The van der Waals surface area contributed by atoms with Gasteiger partial charge in [0.2, 0.25) is 0 Å². The van der Waals surface area contributed by atoms with E-state index in [1.807, 2.05) is 6.33 Å². The van der Waals surface area contributed by atoms with Crippen LogP contribution in [-0.2, 0) is 6.42 Å². The molecule has 1 unspecified atom stereocenters. The van der Waals surface area contributed by atoms with Gasteiger partial charge in [0.25, 0.3) is 0 Å². The zero-order chi connectivity index (χ0) is 9.68. The summed E-state index contributed by atoms with van der Waals surface area (Å²) < 4.78 is 2.09. The Balaban J connectivity index is 2.67. The summed E-state index contributed by atoms with van der Waals surface area (Å²) in [5.74, 6) is 0.863. The van der Waals surface area contributed by atoms with E-state index in [9.17, 15) is 0 Å². The highest BCUT2D eigenvalue weighted by Crippen LogP contribution is 2.11. The fourth-order valence-electron chi connectivity index (χ4n) is 1.30. The number of aryl methyl sites for hydroxylation is 1. The van der Waals surface area contributed by atoms with E-state index in [1.54, 1.807) is 0 Å². The Morgan fingerprint density at radius 1 is 1.69 bits per heavy atom. The van der Waals surface area contributed by atoms with Gasteiger partial charge in [0.05, 0.1) is 12.0 Å². The molecule has 0 radical (unpaired) electrons. The van der Waals surface area contributed by atoms with E-state index >= 15 is 0 Å². The van der Waals surface area contributed by atoms with Crippen molar-refractivity contribution in [2.45, 2.75) is 25.8 Å². The molecular formula is C9H17N3S. The lowest BCUT2D eigenvalue weighted by Crippen LogP contribution is -2.18. The van der Waals surface area contributed by atoms with Gasteiger partial charge in [-0.3, -0.25) is 0 Å². The van der Waals surface area contributed by atoms with E-state index in [0.29, 0.717) is 12.6 Å². The molecule has 0 amide bonds. The Morgan fingerprint density at radius 2 is 2.46 bits per heavy atom. The summed E-state index contributed by atoms with van der Waals surface area (Å²) in [4.78, 5) is 4.27. The van der Waals surface area contributed by atoms with E-state index in [0.717, 1.165) is 24.3 Å². The van der Waals surface area contributed by atoms with Crippen LogP contribution in [0.4, 0.5) is 0 Å². The molecule has 1 rings (SSSR count). The number of nitrogens with zero attached hydrogens (tertiary/aromatic N) is 2. The number of hydrogen-bond donors (Lipinski definition) is 2. The molecule has 74 valence electrons. The summed E-state index contributed by atoms with van der Waals surface area (Å²) in [6.45, 7) is 2.75. The second-order valence-electron chi connectivity index (χ2n) is 3.07. The van der Waals surface area contributed by atoms with Gasteiger partial charge < -0.3 is 10.3 Å². The molecule has 1 aromatic heterocycles. The predicted molar refractivity (Wildman–Crippen MR) is 58.2 cm³/mol. The lowest BCUT2D eigenvalue weighted by molar-refractivity contribution is 0.499. The molecule has 3 nitrogen and oxygen atoms in total. The second kappa shape index (κ2) is 5.29. The molecule has 0 fully saturated rings. The van der Waals surface area contributed by atoms with Gasteiger partial charge >= 0.3 is 0 Å². The number of aromatic nitrogens is 2. The number of hydrogen-bond acceptors (Lipinski definition) is 3. The molecule has 1 heterocycles. The largest absolute Gasteiger partial charge is 0.333 e. The zero-order valence-corrected chi connectivity index (χ0v) is 8.87. The van der Waals surface area contributed by atoms with Crippen molar-refractivity contribution < 1.29 is 0 Å². The molecule has 0 aliphatic heterocycles. The molecule has 2 N–H and O–H groups in total. The third-order valence-corrected chi connectivity index (χ3v) is 2.43. The van der Waals surface area contributed by atoms with E-state index in [1.165, 1.54) is 0 Å². The first-order chi connectivity index (χ1) is 6.31. The molecule has 1 aromatic rings. The maximum Gasteiger partial charge on any atom is 0.0952 e. The van der Waals surface area contributed by atoms with Crippen LogP contribution in [0.5, 0.6) is 0 Å². The van der Waals surface area contributed by atoms with Crippen molar-refractivity contribution in [3.05, 3.63) is 18.2 Å². The van der Waals surface area contributed by atoms with Crippen molar-refractivity contribution in [2.75, 3.05) is 12.3 Å². The first-order valence-electron chi connectivity index (χ1n) is 4.65. The summed E-state index contributed by atoms with van der Waals surface area (Å²) in [7, 11) is 0. The average Bonchev–Trinajstić information content (AvgIpc) is 2.62. The highest BCUT2D eigenvalue weighted by Gasteiger charge is 2.07. The molecule has 0 aliphatic carbocycles. The smallest absolute Gasteiger partial charge is 0.0952 e. The minimum absolute atomic E-state index is 0.352. The number of nitrogens with two attached hydrogens (primary N) is 1. The van der Waals surface area contributed by atoms with E-state index in [2.05, 4.69) is 35.3 Å². The summed E-state index contributed by atoms with van der Waals surface area (Å²) in [5, 5.41) is 0. The third kappa shape index (κ3) is 2.74. The average molecular weight is 199 g/mol. The van der Waals surface area contributed by atoms with Crippen molar-refractivity contribution >= 4 is 12.6 Å². The van der Waals surface area contributed by atoms with Crippen molar-refractivity contribution in [3.63, 3.8) is 0 Å². The molecular weight excluding hydrogens is 182 g/mol. The van der Waals surface area contributed by atoms with Gasteiger partial charge in [0, 0.05) is 18.8 Å². The van der Waals surface area contributed by atoms with Crippen molar-refractivity contribution in [1.82, 2.24) is 9.55 Å². The number of rotatable bonds is 5. The first-order valence-corrected chi connectivity index (χ1v) is 5.28. The minimum atomic E-state index is 0.352. The molecule has 1 atom stereocenters. The molecule has 0 bridgehead atoms. The van der Waals surface area contributed by atoms with Gasteiger partial charge in [-0.15, -0.1) is 0 Å². The van der Waals surface area contributed by atoms with Crippen LogP contribution >= 0.6 is 12.6 Å². The van der Waals surface area contributed by atoms with Gasteiger partial charge in [-0.05, 0) is 18.6 Å². The highest BCUT2D eigenvalue weighted by molar-refractivity contribution is 7.80. The van der Waals surface area contributed by atoms with Crippen LogP contribution in [0.3, 0.4) is 0 Å². The molecule has 0 aliphatic rings. The maximum atomic E-state index is 5.66. The van der Waals surface area contributed by atoms with Gasteiger partial charge in [0.1, 0.15) is 0 Å². The van der Waals surface area contributed by atoms with Crippen LogP contribution in [-0.4, -0.2) is 21.8 Å². The van der Waals surface area contributed by atoms with Crippen molar-refractivity contribution in [3.8, 4) is 0 Å². The fourth-order valence-corrected chi connectivity index (χ4v) is 1.60. The fraction of sp³-hybridized carbons (Fsp3) is 0.667.